The molecule has 1 saturated heterocycles. The van der Waals surface area contributed by atoms with Crippen molar-refractivity contribution < 1.29 is 0 Å². The number of nitrogens with zero attached hydrogens (tertiary/aromatic N) is 5. The monoisotopic (exact) mass is 441 g/mol. The Hall–Kier alpha value is -3.45. The molecule has 33 heavy (non-hydrogen) atoms. The fourth-order valence-corrected chi connectivity index (χ4v) is 4.37. The molecule has 170 valence electrons. The first-order chi connectivity index (χ1) is 16.2. The second kappa shape index (κ2) is 9.58. The number of para-hydroxylation sites is 1. The Bertz CT molecular complexity index is 1180. The molecular weight excluding hydrogens is 410 g/mol. The molecule has 0 amide bonds. The number of rotatable bonds is 7. The van der Waals surface area contributed by atoms with E-state index in [1.165, 1.54) is 5.56 Å². The third kappa shape index (κ3) is 4.98. The van der Waals surface area contributed by atoms with E-state index in [9.17, 15) is 0 Å². The van der Waals surface area contributed by atoms with E-state index in [0.717, 1.165) is 55.1 Å². The van der Waals surface area contributed by atoms with Gasteiger partial charge >= 0.3 is 0 Å². The zero-order valence-electron chi connectivity index (χ0n) is 19.3. The molecule has 2 aromatic heterocycles. The number of benzene rings is 2. The van der Waals surface area contributed by atoms with E-state index in [-0.39, 0.29) is 6.04 Å². The van der Waals surface area contributed by atoms with Gasteiger partial charge in [-0.3, -0.25) is 4.90 Å². The number of anilines is 3. The van der Waals surface area contributed by atoms with Crippen LogP contribution in [-0.4, -0.2) is 43.6 Å². The lowest BCUT2D eigenvalue weighted by atomic mass is 10.0. The molecule has 0 bridgehead atoms. The first-order valence-corrected chi connectivity index (χ1v) is 11.7. The molecule has 2 aromatic carbocycles. The molecule has 7 nitrogen and oxygen atoms in total. The van der Waals surface area contributed by atoms with Crippen molar-refractivity contribution in [3.8, 4) is 0 Å². The fourth-order valence-electron chi connectivity index (χ4n) is 4.37. The van der Waals surface area contributed by atoms with Gasteiger partial charge in [0.25, 0.3) is 0 Å². The van der Waals surface area contributed by atoms with E-state index in [2.05, 4.69) is 69.3 Å². The van der Waals surface area contributed by atoms with Gasteiger partial charge in [0, 0.05) is 37.4 Å². The highest BCUT2D eigenvalue weighted by atomic mass is 15.2. The van der Waals surface area contributed by atoms with Crippen LogP contribution in [0.2, 0.25) is 0 Å². The second-order valence-electron chi connectivity index (χ2n) is 8.99. The van der Waals surface area contributed by atoms with Gasteiger partial charge in [-0.25, -0.2) is 4.98 Å². The Balaban J connectivity index is 1.34. The van der Waals surface area contributed by atoms with Crippen LogP contribution in [0.15, 0.2) is 67.0 Å². The lowest BCUT2D eigenvalue weighted by Crippen LogP contribution is -2.38. The first-order valence-electron chi connectivity index (χ1n) is 11.7. The highest BCUT2D eigenvalue weighted by Crippen LogP contribution is 2.27. The molecule has 0 spiro atoms. The standard InChI is InChI=1S/C26H31N7/c1-19(2)33-18-27-23-24(30-26(31-25(23)33)29-21-11-7-4-8-12-21)28-22-13-15-32(16-14-22)17-20-9-5-3-6-10-20/h3-12,18-19,22H,13-17H2,1-2H3,(H2,28,29,30,31). The van der Waals surface area contributed by atoms with Crippen molar-refractivity contribution in [1.82, 2.24) is 24.4 Å². The van der Waals surface area contributed by atoms with Crippen LogP contribution < -0.4 is 10.6 Å². The molecule has 0 aliphatic carbocycles. The van der Waals surface area contributed by atoms with E-state index >= 15 is 0 Å². The minimum absolute atomic E-state index is 0.267. The summed E-state index contributed by atoms with van der Waals surface area (Å²) in [6.45, 7) is 7.42. The van der Waals surface area contributed by atoms with Gasteiger partial charge in [-0.2, -0.15) is 9.97 Å². The summed E-state index contributed by atoms with van der Waals surface area (Å²) in [5.41, 5.74) is 4.02. The SMILES string of the molecule is CC(C)n1cnc2c(NC3CCN(Cc4ccccc4)CC3)nc(Nc3ccccc3)nc21. The lowest BCUT2D eigenvalue weighted by Gasteiger charge is -2.32. The highest BCUT2D eigenvalue weighted by Gasteiger charge is 2.22. The molecule has 4 aromatic rings. The average Bonchev–Trinajstić information content (AvgIpc) is 3.26. The summed E-state index contributed by atoms with van der Waals surface area (Å²) < 4.78 is 2.10. The van der Waals surface area contributed by atoms with Crippen molar-refractivity contribution in [1.29, 1.82) is 0 Å². The molecule has 1 aliphatic rings. The van der Waals surface area contributed by atoms with Crippen LogP contribution >= 0.6 is 0 Å². The minimum Gasteiger partial charge on any atom is -0.365 e. The maximum Gasteiger partial charge on any atom is 0.231 e. The van der Waals surface area contributed by atoms with Crippen molar-refractivity contribution in [2.24, 2.45) is 0 Å². The largest absolute Gasteiger partial charge is 0.365 e. The number of piperidine rings is 1. The van der Waals surface area contributed by atoms with E-state index < -0.39 is 0 Å². The van der Waals surface area contributed by atoms with Crippen molar-refractivity contribution in [3.05, 3.63) is 72.6 Å². The van der Waals surface area contributed by atoms with Gasteiger partial charge in [0.05, 0.1) is 6.33 Å². The summed E-state index contributed by atoms with van der Waals surface area (Å²) in [7, 11) is 0. The van der Waals surface area contributed by atoms with Gasteiger partial charge in [-0.15, -0.1) is 0 Å². The maximum atomic E-state index is 4.83. The molecule has 0 saturated carbocycles. The molecule has 7 heteroatoms. The van der Waals surface area contributed by atoms with Crippen LogP contribution in [0, 0.1) is 0 Å². The molecule has 0 atom stereocenters. The summed E-state index contributed by atoms with van der Waals surface area (Å²) in [5, 5.41) is 7.05. The Morgan fingerprint density at radius 3 is 2.33 bits per heavy atom. The van der Waals surface area contributed by atoms with E-state index in [1.807, 2.05) is 36.7 Å². The van der Waals surface area contributed by atoms with Gasteiger partial charge in [-0.1, -0.05) is 48.5 Å². The summed E-state index contributed by atoms with van der Waals surface area (Å²) >= 11 is 0. The summed E-state index contributed by atoms with van der Waals surface area (Å²) in [6.07, 6.45) is 4.01. The Morgan fingerprint density at radius 1 is 0.939 bits per heavy atom. The van der Waals surface area contributed by atoms with Crippen LogP contribution in [-0.2, 0) is 6.54 Å². The quantitative estimate of drug-likeness (QED) is 0.409. The van der Waals surface area contributed by atoms with Crippen LogP contribution in [0.25, 0.3) is 11.2 Å². The predicted molar refractivity (Wildman–Crippen MR) is 134 cm³/mol. The van der Waals surface area contributed by atoms with Gasteiger partial charge in [0.1, 0.15) is 0 Å². The number of hydrogen-bond donors (Lipinski definition) is 2. The number of fused-ring (bicyclic) bond motifs is 1. The van der Waals surface area contributed by atoms with Crippen LogP contribution in [0.3, 0.4) is 0 Å². The van der Waals surface area contributed by atoms with Crippen molar-refractivity contribution >= 4 is 28.6 Å². The van der Waals surface area contributed by atoms with E-state index in [0.29, 0.717) is 12.0 Å². The van der Waals surface area contributed by atoms with Crippen molar-refractivity contribution in [2.45, 2.75) is 45.3 Å². The lowest BCUT2D eigenvalue weighted by molar-refractivity contribution is 0.211. The zero-order chi connectivity index (χ0) is 22.6. The van der Waals surface area contributed by atoms with Crippen molar-refractivity contribution in [3.63, 3.8) is 0 Å². The molecular formula is C26H31N7. The number of hydrogen-bond acceptors (Lipinski definition) is 6. The summed E-state index contributed by atoms with van der Waals surface area (Å²) in [4.78, 5) is 16.8. The Kier molecular flexibility index (Phi) is 6.21. The third-order valence-electron chi connectivity index (χ3n) is 6.19. The Morgan fingerprint density at radius 2 is 1.64 bits per heavy atom. The maximum absolute atomic E-state index is 4.83. The van der Waals surface area contributed by atoms with E-state index in [1.54, 1.807) is 0 Å². The highest BCUT2D eigenvalue weighted by molar-refractivity contribution is 5.85. The number of nitrogens with one attached hydrogen (secondary N) is 2. The number of imidazole rings is 1. The van der Waals surface area contributed by atoms with Gasteiger partial charge in [-0.05, 0) is 44.4 Å². The van der Waals surface area contributed by atoms with E-state index in [4.69, 9.17) is 9.97 Å². The summed E-state index contributed by atoms with van der Waals surface area (Å²) in [6, 6.07) is 21.4. The third-order valence-corrected chi connectivity index (χ3v) is 6.19. The van der Waals surface area contributed by atoms with Crippen LogP contribution in [0.4, 0.5) is 17.5 Å². The second-order valence-corrected chi connectivity index (χ2v) is 8.99. The van der Waals surface area contributed by atoms with Gasteiger partial charge in [0.15, 0.2) is 17.0 Å². The fraction of sp³-hybridized carbons (Fsp3) is 0.346. The Labute approximate surface area is 194 Å². The molecule has 0 radical (unpaired) electrons. The average molecular weight is 442 g/mol. The normalized spacial score (nSPS) is 15.2. The van der Waals surface area contributed by atoms with Crippen LogP contribution in [0.1, 0.15) is 38.3 Å². The van der Waals surface area contributed by atoms with Crippen molar-refractivity contribution in [2.75, 3.05) is 23.7 Å². The molecule has 1 aliphatic heterocycles. The number of aromatic nitrogens is 4. The molecule has 5 rings (SSSR count). The van der Waals surface area contributed by atoms with Crippen LogP contribution in [0.5, 0.6) is 0 Å². The number of likely N-dealkylation sites (tertiary alicyclic amines) is 1. The van der Waals surface area contributed by atoms with Gasteiger partial charge in [0.2, 0.25) is 5.95 Å². The predicted octanol–water partition coefficient (Wildman–Crippen LogP) is 5.23. The smallest absolute Gasteiger partial charge is 0.231 e. The minimum atomic E-state index is 0.267. The molecule has 1 fully saturated rings. The van der Waals surface area contributed by atoms with Gasteiger partial charge < -0.3 is 15.2 Å². The topological polar surface area (TPSA) is 70.9 Å². The molecule has 2 N–H and O–H groups in total. The summed E-state index contributed by atoms with van der Waals surface area (Å²) in [5.74, 6) is 1.39. The zero-order valence-corrected chi connectivity index (χ0v) is 19.3. The molecule has 3 heterocycles. The first kappa shape index (κ1) is 21.4. The molecule has 0 unspecified atom stereocenters.